The van der Waals surface area contributed by atoms with Crippen LogP contribution in [0, 0.1) is 5.41 Å². The Balaban J connectivity index is 1.51. The van der Waals surface area contributed by atoms with Gasteiger partial charge in [0.15, 0.2) is 0 Å². The molecule has 6 heteroatoms. The zero-order valence-electron chi connectivity index (χ0n) is 15.7. The van der Waals surface area contributed by atoms with E-state index >= 15 is 0 Å². The second-order valence-corrected chi connectivity index (χ2v) is 7.78. The first-order valence-electron chi connectivity index (χ1n) is 9.74. The molecular formula is C21H26N4O2. The maximum Gasteiger partial charge on any atom is 0.271 e. The van der Waals surface area contributed by atoms with Crippen LogP contribution < -0.4 is 0 Å². The number of aromatic nitrogens is 2. The van der Waals surface area contributed by atoms with Gasteiger partial charge in [-0.2, -0.15) is 5.10 Å². The minimum Gasteiger partial charge on any atom is -0.342 e. The van der Waals surface area contributed by atoms with E-state index in [-0.39, 0.29) is 23.1 Å². The Bertz CT molecular complexity index is 795. The number of hydrogen-bond acceptors (Lipinski definition) is 3. The molecule has 1 aromatic carbocycles. The molecule has 1 unspecified atom stereocenters. The number of amides is 2. The van der Waals surface area contributed by atoms with Crippen LogP contribution in [0.5, 0.6) is 0 Å². The fraction of sp³-hybridized carbons (Fsp3) is 0.476. The number of nitrogens with one attached hydrogen (secondary N) is 1. The van der Waals surface area contributed by atoms with Gasteiger partial charge < -0.3 is 9.80 Å². The van der Waals surface area contributed by atoms with Crippen LogP contribution in [0.3, 0.4) is 0 Å². The molecule has 142 valence electrons. The minimum atomic E-state index is -0.0743. The molecule has 1 N–H and O–H groups in total. The highest BCUT2D eigenvalue weighted by atomic mass is 16.2. The summed E-state index contributed by atoms with van der Waals surface area (Å²) in [6.07, 6.45) is 4.34. The summed E-state index contributed by atoms with van der Waals surface area (Å²) in [5.74, 6) is 0.182. The van der Waals surface area contributed by atoms with Crippen LogP contribution in [0.15, 0.2) is 42.6 Å². The first kappa shape index (κ1) is 17.8. The van der Waals surface area contributed by atoms with Crippen molar-refractivity contribution in [2.75, 3.05) is 26.2 Å². The maximum absolute atomic E-state index is 13.0. The first-order valence-corrected chi connectivity index (χ1v) is 9.74. The second-order valence-electron chi connectivity index (χ2n) is 7.78. The summed E-state index contributed by atoms with van der Waals surface area (Å²) >= 11 is 0. The summed E-state index contributed by atoms with van der Waals surface area (Å²) in [6, 6.07) is 11.8. The van der Waals surface area contributed by atoms with E-state index in [1.807, 2.05) is 28.0 Å². The standard InChI is InChI=1S/C21H26N4O2/c1-2-24-15-21(14-17(19(24)26)16-6-4-3-5-7-16)9-12-25(13-10-21)20(27)18-8-11-22-23-18/h3-8,11,17H,2,9-10,12-15H2,1H3,(H,22,23). The summed E-state index contributed by atoms with van der Waals surface area (Å²) in [4.78, 5) is 29.5. The molecule has 0 saturated carbocycles. The van der Waals surface area contributed by atoms with Crippen molar-refractivity contribution in [1.29, 1.82) is 0 Å². The Labute approximate surface area is 159 Å². The molecule has 1 atom stereocenters. The summed E-state index contributed by atoms with van der Waals surface area (Å²) in [5.41, 5.74) is 1.74. The van der Waals surface area contributed by atoms with Gasteiger partial charge in [0, 0.05) is 32.4 Å². The predicted octanol–water partition coefficient (Wildman–Crippen LogP) is 2.67. The average Bonchev–Trinajstić information content (AvgIpc) is 3.25. The molecule has 4 rings (SSSR count). The van der Waals surface area contributed by atoms with Gasteiger partial charge in [0.05, 0.1) is 5.92 Å². The zero-order chi connectivity index (χ0) is 18.9. The van der Waals surface area contributed by atoms with Gasteiger partial charge in [-0.3, -0.25) is 14.7 Å². The van der Waals surface area contributed by atoms with Crippen molar-refractivity contribution in [1.82, 2.24) is 20.0 Å². The number of aromatic amines is 1. The Hall–Kier alpha value is -2.63. The number of nitrogens with zero attached hydrogens (tertiary/aromatic N) is 3. The molecule has 2 amide bonds. The Morgan fingerprint density at radius 3 is 2.59 bits per heavy atom. The molecule has 0 bridgehead atoms. The molecule has 2 aliphatic heterocycles. The van der Waals surface area contributed by atoms with Crippen LogP contribution >= 0.6 is 0 Å². The lowest BCUT2D eigenvalue weighted by Gasteiger charge is -2.49. The molecule has 2 fully saturated rings. The SMILES string of the molecule is CCN1CC2(CCN(C(=O)c3ccn[nH]3)CC2)CC(c2ccccc2)C1=O. The molecule has 1 spiro atoms. The molecule has 3 heterocycles. The van der Waals surface area contributed by atoms with Crippen molar-refractivity contribution >= 4 is 11.8 Å². The predicted molar refractivity (Wildman–Crippen MR) is 102 cm³/mol. The minimum absolute atomic E-state index is 0.0150. The lowest BCUT2D eigenvalue weighted by Crippen LogP contribution is -2.54. The van der Waals surface area contributed by atoms with Crippen molar-refractivity contribution in [3.05, 3.63) is 53.9 Å². The van der Waals surface area contributed by atoms with Gasteiger partial charge in [-0.15, -0.1) is 0 Å². The van der Waals surface area contributed by atoms with E-state index in [0.717, 1.165) is 51.0 Å². The van der Waals surface area contributed by atoms with Crippen LogP contribution in [-0.4, -0.2) is 58.0 Å². The number of carbonyl (C=O) groups is 2. The van der Waals surface area contributed by atoms with Crippen molar-refractivity contribution < 1.29 is 9.59 Å². The van der Waals surface area contributed by atoms with Crippen LogP contribution in [-0.2, 0) is 4.79 Å². The van der Waals surface area contributed by atoms with Crippen molar-refractivity contribution in [3.63, 3.8) is 0 Å². The second kappa shape index (κ2) is 7.18. The Morgan fingerprint density at radius 2 is 1.96 bits per heavy atom. The summed E-state index contributed by atoms with van der Waals surface area (Å²) in [5, 5.41) is 6.64. The van der Waals surface area contributed by atoms with Crippen molar-refractivity contribution in [2.24, 2.45) is 5.41 Å². The number of H-pyrrole nitrogens is 1. The molecule has 2 aromatic rings. The van der Waals surface area contributed by atoms with Gasteiger partial charge in [-0.1, -0.05) is 30.3 Å². The fourth-order valence-corrected chi connectivity index (χ4v) is 4.59. The highest BCUT2D eigenvalue weighted by molar-refractivity contribution is 5.92. The van der Waals surface area contributed by atoms with Gasteiger partial charge in [-0.25, -0.2) is 0 Å². The van der Waals surface area contributed by atoms with Crippen LogP contribution in [0.1, 0.15) is 48.2 Å². The number of hydrogen-bond donors (Lipinski definition) is 1. The maximum atomic E-state index is 13.0. The number of benzene rings is 1. The normalized spacial score (nSPS) is 22.3. The lowest BCUT2D eigenvalue weighted by atomic mass is 9.67. The highest BCUT2D eigenvalue weighted by Crippen LogP contribution is 2.45. The summed E-state index contributed by atoms with van der Waals surface area (Å²) in [7, 11) is 0. The van der Waals surface area contributed by atoms with Crippen molar-refractivity contribution in [2.45, 2.75) is 32.1 Å². The number of likely N-dealkylation sites (N-methyl/N-ethyl adjacent to an activating group) is 1. The van der Waals surface area contributed by atoms with Gasteiger partial charge in [-0.05, 0) is 43.2 Å². The van der Waals surface area contributed by atoms with E-state index in [4.69, 9.17) is 0 Å². The van der Waals surface area contributed by atoms with Crippen LogP contribution in [0.4, 0.5) is 0 Å². The highest BCUT2D eigenvalue weighted by Gasteiger charge is 2.46. The van der Waals surface area contributed by atoms with Crippen LogP contribution in [0.25, 0.3) is 0 Å². The van der Waals surface area contributed by atoms with Crippen molar-refractivity contribution in [3.8, 4) is 0 Å². The quantitative estimate of drug-likeness (QED) is 0.908. The summed E-state index contributed by atoms with van der Waals surface area (Å²) in [6.45, 7) is 5.05. The smallest absolute Gasteiger partial charge is 0.271 e. The topological polar surface area (TPSA) is 69.3 Å². The van der Waals surface area contributed by atoms with E-state index in [9.17, 15) is 9.59 Å². The third-order valence-electron chi connectivity index (χ3n) is 6.20. The third-order valence-corrected chi connectivity index (χ3v) is 6.20. The number of piperidine rings is 2. The molecule has 2 aliphatic rings. The number of likely N-dealkylation sites (tertiary alicyclic amines) is 2. The van der Waals surface area contributed by atoms with Gasteiger partial charge in [0.1, 0.15) is 5.69 Å². The van der Waals surface area contributed by atoms with E-state index in [2.05, 4.69) is 29.3 Å². The lowest BCUT2D eigenvalue weighted by molar-refractivity contribution is -0.141. The third kappa shape index (κ3) is 3.36. The average molecular weight is 366 g/mol. The number of carbonyl (C=O) groups excluding carboxylic acids is 2. The van der Waals surface area contributed by atoms with Crippen LogP contribution in [0.2, 0.25) is 0 Å². The first-order chi connectivity index (χ1) is 13.1. The molecule has 1 aromatic heterocycles. The van der Waals surface area contributed by atoms with E-state index < -0.39 is 0 Å². The van der Waals surface area contributed by atoms with Gasteiger partial charge >= 0.3 is 0 Å². The molecule has 6 nitrogen and oxygen atoms in total. The molecule has 0 aliphatic carbocycles. The molecule has 27 heavy (non-hydrogen) atoms. The van der Waals surface area contributed by atoms with Gasteiger partial charge in [0.25, 0.3) is 5.91 Å². The monoisotopic (exact) mass is 366 g/mol. The Kier molecular flexibility index (Phi) is 4.72. The summed E-state index contributed by atoms with van der Waals surface area (Å²) < 4.78 is 0. The van der Waals surface area contributed by atoms with E-state index in [0.29, 0.717) is 5.69 Å². The Morgan fingerprint density at radius 1 is 1.22 bits per heavy atom. The molecule has 0 radical (unpaired) electrons. The molecular weight excluding hydrogens is 340 g/mol. The van der Waals surface area contributed by atoms with E-state index in [1.165, 1.54) is 0 Å². The number of rotatable bonds is 3. The van der Waals surface area contributed by atoms with E-state index in [1.54, 1.807) is 12.3 Å². The molecule has 2 saturated heterocycles. The largest absolute Gasteiger partial charge is 0.342 e. The van der Waals surface area contributed by atoms with Gasteiger partial charge in [0.2, 0.25) is 5.91 Å². The fourth-order valence-electron chi connectivity index (χ4n) is 4.59. The zero-order valence-corrected chi connectivity index (χ0v) is 15.7.